The molecule has 8 aliphatic heterocycles. The van der Waals surface area contributed by atoms with Gasteiger partial charge in [0.15, 0.2) is 25.0 Å². The molecule has 1 aromatic carbocycles. The second-order valence-electron chi connectivity index (χ2n) is 31.7. The van der Waals surface area contributed by atoms with Crippen molar-refractivity contribution in [3.63, 3.8) is 0 Å². The molecule has 0 saturated carbocycles. The molecule has 0 aromatic heterocycles. The van der Waals surface area contributed by atoms with Crippen LogP contribution < -0.4 is 0 Å². The van der Waals surface area contributed by atoms with Crippen LogP contribution in [0.3, 0.4) is 0 Å². The summed E-state index contributed by atoms with van der Waals surface area (Å²) in [5.41, 5.74) is 0.822. The Balaban J connectivity index is 1.36. The molecule has 8 aliphatic rings. The van der Waals surface area contributed by atoms with Gasteiger partial charge in [-0.1, -0.05) is 150 Å². The molecule has 19 atom stereocenters. The molecule has 9 rings (SSSR count). The molecule has 0 amide bonds. The Bertz CT molecular complexity index is 2470. The molecule has 17 heteroatoms. The number of benzene rings is 1. The highest BCUT2D eigenvalue weighted by molar-refractivity contribution is 14.1. The van der Waals surface area contributed by atoms with Crippen molar-refractivity contribution in [2.45, 2.75) is 326 Å². The van der Waals surface area contributed by atoms with E-state index >= 15 is 4.79 Å². The van der Waals surface area contributed by atoms with Crippen molar-refractivity contribution < 1.29 is 60.8 Å². The van der Waals surface area contributed by atoms with Crippen molar-refractivity contribution in [1.82, 2.24) is 0 Å². The van der Waals surface area contributed by atoms with Gasteiger partial charge >= 0.3 is 11.9 Å². The topological polar surface area (TPSA) is 144 Å². The quantitative estimate of drug-likeness (QED) is 0.0608. The van der Waals surface area contributed by atoms with Crippen LogP contribution >= 0.6 is 22.6 Å². The third-order valence-corrected chi connectivity index (χ3v) is 36.7. The average molecular weight is 1360 g/mol. The largest absolute Gasteiger partial charge is 0.458 e. The zero-order valence-electron chi connectivity index (χ0n) is 56.7. The zero-order chi connectivity index (χ0) is 63.7. The number of alkyl halides is 1. The van der Waals surface area contributed by atoms with Crippen LogP contribution in [0.15, 0.2) is 54.6 Å². The van der Waals surface area contributed by atoms with Crippen LogP contribution in [0.1, 0.15) is 191 Å². The van der Waals surface area contributed by atoms with E-state index < -0.39 is 85.4 Å². The fraction of sp³-hybridized carbons (Fsp3) is 0.812. The number of halogens is 1. The lowest BCUT2D eigenvalue weighted by Crippen LogP contribution is -2.69. The van der Waals surface area contributed by atoms with E-state index in [1.807, 2.05) is 24.3 Å². The van der Waals surface area contributed by atoms with Crippen LogP contribution in [-0.2, 0) is 56.0 Å². The number of fused-ring (bicyclic) bond motifs is 2. The SMILES string of the molecule is C=C1[C@H](C)CC2CC[C@@H]3O[C@@H](CCC(OC(=O)c4ccccc4)/C=C/[C@H](O[Si](C)(C)C(C)(C)C)[C@@H]4O[C@H]5CC[C@H](CC(=O)CC6[C@H](C[C@H]1OC(C)=O)O[C@H](C[C@H](C)CC)[C@@H]6C)O[C@@H]5[C@H](O[Si](C)(C)C(C)(C)C)[C@@H]4O[Si](C)(C)C(C)(C)C)C[C@]3(CI)O2. The summed E-state index contributed by atoms with van der Waals surface area (Å²) in [6.45, 7) is 49.2. The Labute approximate surface area is 536 Å². The Morgan fingerprint density at radius 1 is 0.709 bits per heavy atom. The normalized spacial score (nSPS) is 36.5. The van der Waals surface area contributed by atoms with E-state index in [1.54, 1.807) is 12.1 Å². The molecule has 0 radical (unpaired) electrons. The summed E-state index contributed by atoms with van der Waals surface area (Å²) in [7, 11) is -7.84. The summed E-state index contributed by atoms with van der Waals surface area (Å²) in [5.74, 6) is -0.234. The number of ether oxygens (including phenoxy) is 7. The Morgan fingerprint density at radius 3 is 1.90 bits per heavy atom. The van der Waals surface area contributed by atoms with Gasteiger partial charge in [-0.15, -0.1) is 0 Å². The van der Waals surface area contributed by atoms with Gasteiger partial charge in [-0.05, 0) is 153 Å². The van der Waals surface area contributed by atoms with E-state index in [0.717, 1.165) is 35.7 Å². The summed E-state index contributed by atoms with van der Waals surface area (Å²) >= 11 is 2.47. The van der Waals surface area contributed by atoms with Crippen LogP contribution in [0.5, 0.6) is 0 Å². The monoisotopic (exact) mass is 1360 g/mol. The van der Waals surface area contributed by atoms with E-state index in [0.29, 0.717) is 62.8 Å². The molecule has 0 aliphatic carbocycles. The fourth-order valence-corrected chi connectivity index (χ4v) is 18.0. The van der Waals surface area contributed by atoms with Gasteiger partial charge in [0.2, 0.25) is 0 Å². The summed E-state index contributed by atoms with van der Waals surface area (Å²) in [5, 5.41) is -0.525. The lowest BCUT2D eigenvalue weighted by Gasteiger charge is -2.56. The van der Waals surface area contributed by atoms with Crippen molar-refractivity contribution in [2.24, 2.45) is 23.7 Å². The Hall–Kier alpha value is -1.63. The van der Waals surface area contributed by atoms with Gasteiger partial charge in [0, 0.05) is 37.0 Å². The first-order valence-corrected chi connectivity index (χ1v) is 43.3. The number of Topliss-reactive ketones (excluding diaryl/α,β-unsaturated/α-hetero) is 1. The Kier molecular flexibility index (Phi) is 24.0. The lowest BCUT2D eigenvalue weighted by atomic mass is 9.79. The van der Waals surface area contributed by atoms with Crippen LogP contribution in [0, 0.1) is 23.7 Å². The number of hydrogen-bond donors (Lipinski definition) is 0. The van der Waals surface area contributed by atoms with Gasteiger partial charge in [-0.2, -0.15) is 0 Å². The molecule has 0 spiro atoms. The summed E-state index contributed by atoms with van der Waals surface area (Å²) in [4.78, 5) is 42.3. The first kappa shape index (κ1) is 71.8. The molecule has 1 aromatic rings. The van der Waals surface area contributed by atoms with Crippen molar-refractivity contribution in [3.05, 3.63) is 60.2 Å². The highest BCUT2D eigenvalue weighted by Crippen LogP contribution is 2.50. The van der Waals surface area contributed by atoms with Crippen LogP contribution in [0.25, 0.3) is 0 Å². The molecule has 8 heterocycles. The van der Waals surface area contributed by atoms with Gasteiger partial charge in [-0.25, -0.2) is 4.79 Å². The third kappa shape index (κ3) is 17.3. The molecular weight excluding hydrogens is 1250 g/mol. The summed E-state index contributed by atoms with van der Waals surface area (Å²) in [6, 6.07) is 9.21. The molecular formula is C69H115IO13Si3. The van der Waals surface area contributed by atoms with Gasteiger partial charge in [0.1, 0.15) is 48.0 Å². The van der Waals surface area contributed by atoms with Crippen molar-refractivity contribution in [2.75, 3.05) is 4.43 Å². The highest BCUT2D eigenvalue weighted by atomic mass is 127. The minimum Gasteiger partial charge on any atom is -0.458 e. The number of ketones is 1. The van der Waals surface area contributed by atoms with Crippen LogP contribution in [-0.4, -0.2) is 138 Å². The van der Waals surface area contributed by atoms with Crippen molar-refractivity contribution in [1.29, 1.82) is 0 Å². The van der Waals surface area contributed by atoms with Gasteiger partial charge in [-0.3, -0.25) is 9.59 Å². The number of rotatable bonds is 13. The van der Waals surface area contributed by atoms with Crippen molar-refractivity contribution in [3.8, 4) is 0 Å². The molecule has 488 valence electrons. The van der Waals surface area contributed by atoms with E-state index in [9.17, 15) is 9.59 Å². The second-order valence-corrected chi connectivity index (χ2v) is 46.7. The maximum absolute atomic E-state index is 15.0. The first-order chi connectivity index (χ1) is 39.9. The molecule has 13 nitrogen and oxygen atoms in total. The van der Waals surface area contributed by atoms with Crippen molar-refractivity contribution >= 4 is 65.3 Å². The maximum Gasteiger partial charge on any atom is 0.338 e. The molecule has 86 heavy (non-hydrogen) atoms. The Morgan fingerprint density at radius 2 is 1.30 bits per heavy atom. The maximum atomic E-state index is 15.0. The molecule has 5 saturated heterocycles. The predicted octanol–water partition coefficient (Wildman–Crippen LogP) is 16.3. The van der Waals surface area contributed by atoms with E-state index in [-0.39, 0.29) is 87.7 Å². The number of carbonyl (C=O) groups excluding carboxylic acids is 3. The van der Waals surface area contributed by atoms with E-state index in [4.69, 9.17) is 46.4 Å². The van der Waals surface area contributed by atoms with E-state index in [2.05, 4.69) is 165 Å². The molecule has 7 bridgehead atoms. The second kappa shape index (κ2) is 28.7. The fourth-order valence-electron chi connectivity index (χ4n) is 13.2. The van der Waals surface area contributed by atoms with Crippen LogP contribution in [0.4, 0.5) is 0 Å². The highest BCUT2D eigenvalue weighted by Gasteiger charge is 2.59. The predicted molar refractivity (Wildman–Crippen MR) is 359 cm³/mol. The van der Waals surface area contributed by atoms with Crippen LogP contribution in [0.2, 0.25) is 54.4 Å². The number of carbonyl (C=O) groups is 3. The lowest BCUT2D eigenvalue weighted by molar-refractivity contribution is -0.266. The minimum atomic E-state index is -2.64. The molecule has 5 fully saturated rings. The first-order valence-electron chi connectivity index (χ1n) is 33.1. The average Bonchev–Trinajstić information content (AvgIpc) is 0.916. The summed E-state index contributed by atoms with van der Waals surface area (Å²) in [6.07, 6.45) is 6.86. The standard InChI is InChI=1S/C69H115IO13Si3/c1-22-43(2)36-57-46(5)54-39-49(72)38-51-31-33-55-61(76-51)63(82-85(18,19)67(10,11)12)64(83-86(20,21)68(13,14)15)62(79-55)56(81-84(16,17)66(7,8)9)34-30-50(77-65(73)48-26-24-23-25-27-48)28-29-53-41-69(42-70)60(75-53)35-32-52(80-69)37-44(3)45(4)58(74-47(6)71)40-59(54)78-57/h23-27,30,34,43-44,46,50-64H,4,22,28-29,31-33,35-42H2,1-3,5-21H3/b34-30+/t43-,44-,46-,50?,51-,52?,53+,54?,55+,56+,57-,58-,59+,60+,61+,62+,63+,64-,69-/m1/s1. The van der Waals surface area contributed by atoms with Gasteiger partial charge in [0.05, 0.1) is 54.4 Å². The summed E-state index contributed by atoms with van der Waals surface area (Å²) < 4.78 is 73.3. The van der Waals surface area contributed by atoms with Gasteiger partial charge in [0.25, 0.3) is 0 Å². The third-order valence-electron chi connectivity index (χ3n) is 22.0. The zero-order valence-corrected chi connectivity index (χ0v) is 61.9. The molecule has 3 unspecified atom stereocenters. The van der Waals surface area contributed by atoms with Gasteiger partial charge < -0.3 is 46.4 Å². The molecule has 0 N–H and O–H groups in total. The smallest absolute Gasteiger partial charge is 0.338 e. The minimum absolute atomic E-state index is 0.0400. The number of esters is 2. The number of hydrogen-bond acceptors (Lipinski definition) is 13. The van der Waals surface area contributed by atoms with E-state index in [1.165, 1.54) is 6.92 Å².